The third-order valence-corrected chi connectivity index (χ3v) is 5.25. The molecule has 0 radical (unpaired) electrons. The summed E-state index contributed by atoms with van der Waals surface area (Å²) in [6.07, 6.45) is 3.16. The van der Waals surface area contributed by atoms with Gasteiger partial charge in [0.25, 0.3) is 5.91 Å². The van der Waals surface area contributed by atoms with Crippen molar-refractivity contribution in [3.63, 3.8) is 0 Å². The maximum Gasteiger partial charge on any atom is 0.266 e. The normalized spacial score (nSPS) is 17.4. The molecule has 2 aromatic carbocycles. The summed E-state index contributed by atoms with van der Waals surface area (Å²) in [5, 5.41) is 0.623. The lowest BCUT2D eigenvalue weighted by Crippen LogP contribution is -2.46. The van der Waals surface area contributed by atoms with E-state index in [1.165, 1.54) is 0 Å². The monoisotopic (exact) mass is 403 g/mol. The number of rotatable bonds is 4. The maximum absolute atomic E-state index is 13.3. The third-order valence-electron chi connectivity index (χ3n) is 4.91. The minimum atomic E-state index is -0.684. The van der Waals surface area contributed by atoms with Crippen molar-refractivity contribution in [2.24, 2.45) is 4.99 Å². The largest absolute Gasteiger partial charge is 0.288 e. The minimum absolute atomic E-state index is 0.232. The number of hydrogen-bond acceptors (Lipinski definition) is 4. The minimum Gasteiger partial charge on any atom is -0.288 e. The number of carbonyl (C=O) groups is 2. The number of nitrogens with zero attached hydrogens (tertiary/aromatic N) is 3. The highest BCUT2D eigenvalue weighted by atomic mass is 35.5. The Balaban J connectivity index is 1.73. The van der Waals surface area contributed by atoms with Gasteiger partial charge in [0.05, 0.1) is 12.0 Å². The average Bonchev–Trinajstić information content (AvgIpc) is 2.75. The van der Waals surface area contributed by atoms with E-state index in [2.05, 4.69) is 9.98 Å². The second kappa shape index (κ2) is 7.97. The van der Waals surface area contributed by atoms with Gasteiger partial charge in [0, 0.05) is 23.0 Å². The fraction of sp³-hybridized carbons (Fsp3) is 0.130. The number of carbonyl (C=O) groups excluding carboxylic acids is 2. The fourth-order valence-corrected chi connectivity index (χ4v) is 3.71. The van der Waals surface area contributed by atoms with E-state index in [0.29, 0.717) is 22.0 Å². The molecule has 0 saturated carbocycles. The predicted octanol–water partition coefficient (Wildman–Crippen LogP) is 4.84. The molecular weight excluding hydrogens is 386 g/mol. The van der Waals surface area contributed by atoms with Gasteiger partial charge in [-0.2, -0.15) is 0 Å². The first-order valence-electron chi connectivity index (χ1n) is 9.24. The van der Waals surface area contributed by atoms with Crippen LogP contribution in [-0.4, -0.2) is 23.0 Å². The summed E-state index contributed by atoms with van der Waals surface area (Å²) in [5.74, 6) is -1.14. The van der Waals surface area contributed by atoms with Crippen molar-refractivity contribution in [2.75, 3.05) is 4.90 Å². The predicted molar refractivity (Wildman–Crippen MR) is 114 cm³/mol. The van der Waals surface area contributed by atoms with Gasteiger partial charge in [0.15, 0.2) is 0 Å². The molecule has 0 fully saturated rings. The number of hydrogen-bond donors (Lipinski definition) is 0. The second-order valence-electron chi connectivity index (χ2n) is 6.73. The summed E-state index contributed by atoms with van der Waals surface area (Å²) in [6.45, 7) is 1.92. The standard InChI is InChI=1S/C23H18ClN3O2/c1-15(16-8-4-5-11-20(16)24)26-14-19-17-9-2-3-10-18(17)22(28)27(23(19)29)21-12-6-7-13-25-21/h2-15,19H,1H3/t15-,19?/m0/s1. The van der Waals surface area contributed by atoms with Gasteiger partial charge in [-0.15, -0.1) is 0 Å². The zero-order valence-electron chi connectivity index (χ0n) is 15.7. The van der Waals surface area contributed by atoms with E-state index in [1.54, 1.807) is 48.8 Å². The molecule has 2 heterocycles. The zero-order chi connectivity index (χ0) is 20.4. The second-order valence-corrected chi connectivity index (χ2v) is 7.13. The van der Waals surface area contributed by atoms with Gasteiger partial charge in [0.1, 0.15) is 5.82 Å². The van der Waals surface area contributed by atoms with Crippen LogP contribution in [0.1, 0.15) is 40.4 Å². The molecule has 0 bridgehead atoms. The molecule has 2 amide bonds. The topological polar surface area (TPSA) is 62.6 Å². The Morgan fingerprint density at radius 3 is 2.52 bits per heavy atom. The number of aromatic nitrogens is 1. The third kappa shape index (κ3) is 3.57. The Morgan fingerprint density at radius 2 is 1.76 bits per heavy atom. The van der Waals surface area contributed by atoms with Crippen LogP contribution in [0.25, 0.3) is 0 Å². The van der Waals surface area contributed by atoms with Crippen LogP contribution in [0.2, 0.25) is 5.02 Å². The number of imide groups is 1. The van der Waals surface area contributed by atoms with E-state index in [9.17, 15) is 9.59 Å². The molecule has 5 nitrogen and oxygen atoms in total. The smallest absolute Gasteiger partial charge is 0.266 e. The molecule has 2 atom stereocenters. The van der Waals surface area contributed by atoms with E-state index in [1.807, 2.05) is 37.3 Å². The first-order valence-corrected chi connectivity index (χ1v) is 9.61. The van der Waals surface area contributed by atoms with E-state index >= 15 is 0 Å². The van der Waals surface area contributed by atoms with Gasteiger partial charge in [-0.3, -0.25) is 14.6 Å². The van der Waals surface area contributed by atoms with Crippen LogP contribution in [0.3, 0.4) is 0 Å². The summed E-state index contributed by atoms with van der Waals surface area (Å²) >= 11 is 6.27. The summed E-state index contributed by atoms with van der Waals surface area (Å²) in [4.78, 5) is 36.1. The molecule has 0 saturated heterocycles. The molecular formula is C23H18ClN3O2. The Bertz CT molecular complexity index is 1100. The van der Waals surface area contributed by atoms with Gasteiger partial charge >= 0.3 is 0 Å². The van der Waals surface area contributed by atoms with E-state index in [0.717, 1.165) is 10.5 Å². The van der Waals surface area contributed by atoms with Crippen LogP contribution in [0.4, 0.5) is 5.82 Å². The summed E-state index contributed by atoms with van der Waals surface area (Å²) in [7, 11) is 0. The van der Waals surface area contributed by atoms with Crippen molar-refractivity contribution in [1.82, 2.24) is 4.98 Å². The fourth-order valence-electron chi connectivity index (χ4n) is 3.41. The molecule has 1 aliphatic heterocycles. The molecule has 0 N–H and O–H groups in total. The number of aliphatic imine (C=N–C) groups is 1. The van der Waals surface area contributed by atoms with Gasteiger partial charge in [0.2, 0.25) is 5.91 Å². The van der Waals surface area contributed by atoms with E-state index in [-0.39, 0.29) is 17.9 Å². The molecule has 1 unspecified atom stereocenters. The number of fused-ring (bicyclic) bond motifs is 1. The van der Waals surface area contributed by atoms with Gasteiger partial charge in [-0.05, 0) is 42.3 Å². The van der Waals surface area contributed by atoms with Crippen LogP contribution < -0.4 is 4.90 Å². The van der Waals surface area contributed by atoms with Crippen molar-refractivity contribution in [1.29, 1.82) is 0 Å². The molecule has 29 heavy (non-hydrogen) atoms. The molecule has 3 aromatic rings. The molecule has 1 aliphatic rings. The van der Waals surface area contributed by atoms with Crippen LogP contribution in [-0.2, 0) is 4.79 Å². The molecule has 0 spiro atoms. The van der Waals surface area contributed by atoms with Crippen molar-refractivity contribution < 1.29 is 9.59 Å². The highest BCUT2D eigenvalue weighted by Gasteiger charge is 2.39. The first kappa shape index (κ1) is 19.0. The highest BCUT2D eigenvalue weighted by Crippen LogP contribution is 2.32. The van der Waals surface area contributed by atoms with E-state index in [4.69, 9.17) is 11.6 Å². The Morgan fingerprint density at radius 1 is 1.03 bits per heavy atom. The summed E-state index contributed by atoms with van der Waals surface area (Å²) in [5.41, 5.74) is 1.99. The number of benzene rings is 2. The number of halogens is 1. The number of amides is 2. The Hall–Kier alpha value is -3.31. The van der Waals surface area contributed by atoms with Crippen molar-refractivity contribution >= 4 is 35.4 Å². The lowest BCUT2D eigenvalue weighted by molar-refractivity contribution is -0.118. The van der Waals surface area contributed by atoms with E-state index < -0.39 is 5.92 Å². The summed E-state index contributed by atoms with van der Waals surface area (Å²) < 4.78 is 0. The van der Waals surface area contributed by atoms with Crippen LogP contribution in [0.15, 0.2) is 77.9 Å². The molecule has 1 aromatic heterocycles. The van der Waals surface area contributed by atoms with Crippen molar-refractivity contribution in [3.8, 4) is 0 Å². The van der Waals surface area contributed by atoms with Crippen molar-refractivity contribution in [2.45, 2.75) is 18.9 Å². The zero-order valence-corrected chi connectivity index (χ0v) is 16.5. The molecule has 6 heteroatoms. The molecule has 144 valence electrons. The van der Waals surface area contributed by atoms with Gasteiger partial charge in [-0.1, -0.05) is 54.1 Å². The highest BCUT2D eigenvalue weighted by molar-refractivity contribution is 6.31. The average molecular weight is 404 g/mol. The van der Waals surface area contributed by atoms with Gasteiger partial charge < -0.3 is 0 Å². The van der Waals surface area contributed by atoms with Gasteiger partial charge in [-0.25, -0.2) is 9.88 Å². The van der Waals surface area contributed by atoms with Crippen LogP contribution in [0.5, 0.6) is 0 Å². The first-order chi connectivity index (χ1) is 14.1. The lowest BCUT2D eigenvalue weighted by Gasteiger charge is -2.30. The Kier molecular flexibility index (Phi) is 5.23. The number of pyridine rings is 1. The molecule has 4 rings (SSSR count). The Labute approximate surface area is 173 Å². The molecule has 0 aliphatic carbocycles. The van der Waals surface area contributed by atoms with Crippen molar-refractivity contribution in [3.05, 3.63) is 94.6 Å². The lowest BCUT2D eigenvalue weighted by atomic mass is 9.89. The SMILES string of the molecule is C[C@H](N=CC1C(=O)N(c2ccccn2)C(=O)c2ccccc21)c1ccccc1Cl. The van der Waals surface area contributed by atoms with Crippen LogP contribution in [0, 0.1) is 0 Å². The van der Waals surface area contributed by atoms with Crippen LogP contribution >= 0.6 is 11.6 Å². The quantitative estimate of drug-likeness (QED) is 0.462. The summed E-state index contributed by atoms with van der Waals surface area (Å²) in [6, 6.07) is 19.5. The number of anilines is 1. The maximum atomic E-state index is 13.3.